The standard InChI is InChI=1S/C21H32N2O4S/c1-4-26-21(25)19-17(15-5-6-15)13-28-20(19)22-18(24)11-23-9-7-16(8-10-23)27-12-14(2)3/h13-16H,4-12H2,1-3H3,(H,22,24). The molecule has 0 aromatic carbocycles. The molecule has 6 nitrogen and oxygen atoms in total. The minimum Gasteiger partial charge on any atom is -0.462 e. The molecule has 2 aliphatic rings. The predicted octanol–water partition coefficient (Wildman–Crippen LogP) is 3.88. The first-order valence-electron chi connectivity index (χ1n) is 10.4. The van der Waals surface area contributed by atoms with Crippen LogP contribution in [0.1, 0.15) is 68.3 Å². The summed E-state index contributed by atoms with van der Waals surface area (Å²) >= 11 is 1.43. The van der Waals surface area contributed by atoms with Crippen LogP contribution in [0.15, 0.2) is 5.38 Å². The first-order chi connectivity index (χ1) is 13.5. The highest BCUT2D eigenvalue weighted by Gasteiger charge is 2.32. The van der Waals surface area contributed by atoms with Crippen LogP contribution in [0, 0.1) is 5.92 Å². The molecular weight excluding hydrogens is 376 g/mol. The first-order valence-corrected chi connectivity index (χ1v) is 11.3. The van der Waals surface area contributed by atoms with E-state index in [4.69, 9.17) is 9.47 Å². The van der Waals surface area contributed by atoms with Gasteiger partial charge >= 0.3 is 5.97 Å². The third-order valence-corrected chi connectivity index (χ3v) is 6.05. The maximum absolute atomic E-state index is 12.6. The Morgan fingerprint density at radius 1 is 1.25 bits per heavy atom. The van der Waals surface area contributed by atoms with Crippen LogP contribution in [0.2, 0.25) is 0 Å². The summed E-state index contributed by atoms with van der Waals surface area (Å²) in [6, 6.07) is 0. The minimum absolute atomic E-state index is 0.0729. The molecule has 7 heteroatoms. The summed E-state index contributed by atoms with van der Waals surface area (Å²) in [4.78, 5) is 27.1. The third kappa shape index (κ3) is 5.78. The molecule has 1 aliphatic heterocycles. The Morgan fingerprint density at radius 2 is 1.96 bits per heavy atom. The van der Waals surface area contributed by atoms with Gasteiger partial charge in [-0.1, -0.05) is 13.8 Å². The first kappa shape index (κ1) is 21.3. The van der Waals surface area contributed by atoms with Gasteiger partial charge in [0.1, 0.15) is 5.00 Å². The van der Waals surface area contributed by atoms with Crippen LogP contribution in [0.25, 0.3) is 0 Å². The van der Waals surface area contributed by atoms with Crippen LogP contribution >= 0.6 is 11.3 Å². The highest BCUT2D eigenvalue weighted by Crippen LogP contribution is 2.46. The number of piperidine rings is 1. The predicted molar refractivity (Wildman–Crippen MR) is 111 cm³/mol. The zero-order valence-electron chi connectivity index (χ0n) is 17.2. The molecule has 1 saturated heterocycles. The van der Waals surface area contributed by atoms with Crippen molar-refractivity contribution in [3.8, 4) is 0 Å². The third-order valence-electron chi connectivity index (χ3n) is 5.14. The number of thiophene rings is 1. The largest absolute Gasteiger partial charge is 0.462 e. The summed E-state index contributed by atoms with van der Waals surface area (Å²) in [7, 11) is 0. The molecule has 1 N–H and O–H groups in total. The second kappa shape index (κ2) is 9.85. The fourth-order valence-corrected chi connectivity index (χ4v) is 4.55. The van der Waals surface area contributed by atoms with E-state index in [9.17, 15) is 9.59 Å². The van der Waals surface area contributed by atoms with Crippen LogP contribution in [0.4, 0.5) is 5.00 Å². The average Bonchev–Trinajstić information content (AvgIpc) is 3.42. The molecule has 156 valence electrons. The molecule has 0 spiro atoms. The van der Waals surface area contributed by atoms with Crippen molar-refractivity contribution in [2.75, 3.05) is 38.2 Å². The van der Waals surface area contributed by atoms with Gasteiger partial charge in [-0.05, 0) is 55.4 Å². The lowest BCUT2D eigenvalue weighted by atomic mass is 10.1. The molecule has 1 aromatic heterocycles. The SMILES string of the molecule is CCOC(=O)c1c(C2CC2)csc1NC(=O)CN1CCC(OCC(C)C)CC1. The topological polar surface area (TPSA) is 67.9 Å². The average molecular weight is 409 g/mol. The van der Waals surface area contributed by atoms with Crippen molar-refractivity contribution in [1.82, 2.24) is 4.90 Å². The second-order valence-corrected chi connectivity index (χ2v) is 9.02. The molecule has 1 aromatic rings. The van der Waals surface area contributed by atoms with Gasteiger partial charge in [-0.3, -0.25) is 9.69 Å². The number of anilines is 1. The van der Waals surface area contributed by atoms with Crippen molar-refractivity contribution in [2.24, 2.45) is 5.92 Å². The van der Waals surface area contributed by atoms with Crippen LogP contribution < -0.4 is 5.32 Å². The van der Waals surface area contributed by atoms with Crippen LogP contribution in [-0.4, -0.2) is 55.7 Å². The van der Waals surface area contributed by atoms with E-state index in [1.54, 1.807) is 6.92 Å². The Hall–Kier alpha value is -1.44. The van der Waals surface area contributed by atoms with Crippen molar-refractivity contribution in [2.45, 2.75) is 58.5 Å². The maximum Gasteiger partial charge on any atom is 0.341 e. The van der Waals surface area contributed by atoms with Gasteiger partial charge < -0.3 is 14.8 Å². The summed E-state index contributed by atoms with van der Waals surface area (Å²) in [5.41, 5.74) is 1.59. The number of ether oxygens (including phenoxy) is 2. The van der Waals surface area contributed by atoms with Crippen molar-refractivity contribution in [3.63, 3.8) is 0 Å². The molecule has 2 fully saturated rings. The second-order valence-electron chi connectivity index (χ2n) is 8.14. The van der Waals surface area contributed by atoms with Crippen molar-refractivity contribution < 1.29 is 19.1 Å². The zero-order valence-corrected chi connectivity index (χ0v) is 18.0. The number of nitrogens with one attached hydrogen (secondary N) is 1. The van der Waals surface area contributed by atoms with E-state index in [0.717, 1.165) is 50.9 Å². The molecule has 2 heterocycles. The summed E-state index contributed by atoms with van der Waals surface area (Å²) in [5.74, 6) is 0.579. The molecule has 1 saturated carbocycles. The fraction of sp³-hybridized carbons (Fsp3) is 0.714. The fourth-order valence-electron chi connectivity index (χ4n) is 3.50. The van der Waals surface area contributed by atoms with E-state index in [1.165, 1.54) is 11.3 Å². The highest BCUT2D eigenvalue weighted by molar-refractivity contribution is 7.15. The molecule has 0 unspecified atom stereocenters. The lowest BCUT2D eigenvalue weighted by Gasteiger charge is -2.31. The maximum atomic E-state index is 12.6. The molecule has 1 aliphatic carbocycles. The smallest absolute Gasteiger partial charge is 0.341 e. The molecule has 0 atom stereocenters. The molecule has 1 amide bonds. The number of rotatable bonds is 9. The summed E-state index contributed by atoms with van der Waals surface area (Å²) in [6.45, 7) is 9.30. The molecule has 3 rings (SSSR count). The number of likely N-dealkylation sites (tertiary alicyclic amines) is 1. The van der Waals surface area contributed by atoms with Crippen molar-refractivity contribution in [1.29, 1.82) is 0 Å². The van der Waals surface area contributed by atoms with E-state index >= 15 is 0 Å². The van der Waals surface area contributed by atoms with Gasteiger partial charge in [0.15, 0.2) is 0 Å². The monoisotopic (exact) mass is 408 g/mol. The van der Waals surface area contributed by atoms with Gasteiger partial charge in [-0.25, -0.2) is 4.79 Å². The van der Waals surface area contributed by atoms with Gasteiger partial charge in [0, 0.05) is 19.7 Å². The van der Waals surface area contributed by atoms with E-state index in [1.807, 2.05) is 5.38 Å². The lowest BCUT2D eigenvalue weighted by molar-refractivity contribution is -0.118. The number of carbonyl (C=O) groups is 2. The van der Waals surface area contributed by atoms with Gasteiger partial charge in [-0.2, -0.15) is 0 Å². The normalized spacial score (nSPS) is 18.4. The van der Waals surface area contributed by atoms with Crippen LogP contribution in [0.3, 0.4) is 0 Å². The Morgan fingerprint density at radius 3 is 2.57 bits per heavy atom. The molecule has 0 bridgehead atoms. The van der Waals surface area contributed by atoms with Gasteiger partial charge in [-0.15, -0.1) is 11.3 Å². The van der Waals surface area contributed by atoms with Gasteiger partial charge in [0.05, 0.1) is 24.8 Å². The van der Waals surface area contributed by atoms with E-state index in [-0.39, 0.29) is 11.9 Å². The van der Waals surface area contributed by atoms with Crippen LogP contribution in [-0.2, 0) is 14.3 Å². The molecular formula is C21H32N2O4S. The number of carbonyl (C=O) groups excluding carboxylic acids is 2. The summed E-state index contributed by atoms with van der Waals surface area (Å²) in [6.07, 6.45) is 4.42. The minimum atomic E-state index is -0.330. The van der Waals surface area contributed by atoms with Crippen molar-refractivity contribution >= 4 is 28.2 Å². The quantitative estimate of drug-likeness (QED) is 0.628. The number of esters is 1. The zero-order chi connectivity index (χ0) is 20.1. The number of hydrogen-bond donors (Lipinski definition) is 1. The number of nitrogens with zero attached hydrogens (tertiary/aromatic N) is 1. The Bertz CT molecular complexity index is 676. The van der Waals surface area contributed by atoms with E-state index in [0.29, 0.717) is 41.7 Å². The van der Waals surface area contributed by atoms with Gasteiger partial charge in [0.25, 0.3) is 0 Å². The number of hydrogen-bond acceptors (Lipinski definition) is 6. The number of amides is 1. The Balaban J connectivity index is 1.52. The van der Waals surface area contributed by atoms with E-state index in [2.05, 4.69) is 24.1 Å². The van der Waals surface area contributed by atoms with Crippen LogP contribution in [0.5, 0.6) is 0 Å². The van der Waals surface area contributed by atoms with Gasteiger partial charge in [0.2, 0.25) is 5.91 Å². The molecule has 0 radical (unpaired) electrons. The molecule has 28 heavy (non-hydrogen) atoms. The Kier molecular flexibility index (Phi) is 7.48. The van der Waals surface area contributed by atoms with E-state index < -0.39 is 0 Å². The highest BCUT2D eigenvalue weighted by atomic mass is 32.1. The summed E-state index contributed by atoms with van der Waals surface area (Å²) in [5, 5.41) is 5.58. The Labute approximate surface area is 171 Å². The van der Waals surface area contributed by atoms with Crippen molar-refractivity contribution in [3.05, 3.63) is 16.5 Å². The lowest BCUT2D eigenvalue weighted by Crippen LogP contribution is -2.41. The summed E-state index contributed by atoms with van der Waals surface area (Å²) < 4.78 is 11.1.